The molecule has 0 bridgehead atoms. The number of carbonyl (C=O) groups is 2. The average Bonchev–Trinajstić information content (AvgIpc) is 2.59. The Bertz CT molecular complexity index is 733. The second kappa shape index (κ2) is 9.74. The largest absolute Gasteiger partial charge is 0.489 e. The number of aryl methyl sites for hydroxylation is 1. The predicted octanol–water partition coefficient (Wildman–Crippen LogP) is 3.12. The van der Waals surface area contributed by atoms with Crippen LogP contribution in [0, 0.1) is 6.92 Å². The Hall–Kier alpha value is -2.47. The summed E-state index contributed by atoms with van der Waals surface area (Å²) in [7, 11) is 0. The number of ether oxygens (including phenoxy) is 1. The molecular formula is C19H21NO4S. The van der Waals surface area contributed by atoms with Gasteiger partial charge in [-0.3, -0.25) is 9.59 Å². The van der Waals surface area contributed by atoms with Crippen LogP contribution in [-0.4, -0.2) is 35.0 Å². The van der Waals surface area contributed by atoms with Crippen molar-refractivity contribution in [3.63, 3.8) is 0 Å². The van der Waals surface area contributed by atoms with E-state index >= 15 is 0 Å². The van der Waals surface area contributed by atoms with Crippen LogP contribution in [0.25, 0.3) is 0 Å². The Morgan fingerprint density at radius 2 is 1.96 bits per heavy atom. The van der Waals surface area contributed by atoms with Gasteiger partial charge in [0.25, 0.3) is 5.91 Å². The molecule has 2 aromatic carbocycles. The molecule has 0 spiro atoms. The maximum absolute atomic E-state index is 12.1. The van der Waals surface area contributed by atoms with E-state index in [4.69, 9.17) is 9.84 Å². The molecule has 6 heteroatoms. The number of nitrogens with one attached hydrogen (secondary N) is 1. The Balaban J connectivity index is 1.83. The summed E-state index contributed by atoms with van der Waals surface area (Å²) in [5.41, 5.74) is 2.77. The summed E-state index contributed by atoms with van der Waals surface area (Å²) in [5, 5.41) is 11.3. The fourth-order valence-corrected chi connectivity index (χ4v) is 2.76. The fourth-order valence-electron chi connectivity index (χ4n) is 2.19. The third kappa shape index (κ3) is 6.89. The van der Waals surface area contributed by atoms with Crippen LogP contribution in [0.4, 0.5) is 0 Å². The molecule has 0 unspecified atom stereocenters. The molecule has 2 aromatic rings. The molecule has 2 rings (SSSR count). The summed E-state index contributed by atoms with van der Waals surface area (Å²) < 4.78 is 5.76. The van der Waals surface area contributed by atoms with E-state index in [2.05, 4.69) is 11.4 Å². The molecular weight excluding hydrogens is 338 g/mol. The quantitative estimate of drug-likeness (QED) is 0.673. The van der Waals surface area contributed by atoms with Crippen LogP contribution in [0.3, 0.4) is 0 Å². The second-order valence-corrected chi connectivity index (χ2v) is 6.61. The maximum Gasteiger partial charge on any atom is 0.313 e. The Morgan fingerprint density at radius 3 is 2.72 bits per heavy atom. The Morgan fingerprint density at radius 1 is 1.16 bits per heavy atom. The average molecular weight is 359 g/mol. The lowest BCUT2D eigenvalue weighted by molar-refractivity contribution is -0.133. The van der Waals surface area contributed by atoms with Crippen molar-refractivity contribution >= 4 is 23.6 Å². The topological polar surface area (TPSA) is 75.6 Å². The zero-order valence-corrected chi connectivity index (χ0v) is 14.8. The van der Waals surface area contributed by atoms with Gasteiger partial charge in [-0.15, -0.1) is 11.8 Å². The second-order valence-electron chi connectivity index (χ2n) is 5.51. The number of carboxylic acids is 1. The van der Waals surface area contributed by atoms with E-state index in [0.29, 0.717) is 30.2 Å². The van der Waals surface area contributed by atoms with Gasteiger partial charge in [0.1, 0.15) is 12.4 Å². The molecule has 132 valence electrons. The van der Waals surface area contributed by atoms with Crippen LogP contribution < -0.4 is 10.1 Å². The molecule has 0 aliphatic heterocycles. The van der Waals surface area contributed by atoms with Gasteiger partial charge in [-0.2, -0.15) is 0 Å². The van der Waals surface area contributed by atoms with Crippen LogP contribution in [-0.2, 0) is 11.4 Å². The first-order valence-corrected chi connectivity index (χ1v) is 9.06. The number of amides is 1. The lowest BCUT2D eigenvalue weighted by Gasteiger charge is -2.09. The highest BCUT2D eigenvalue weighted by Crippen LogP contribution is 2.16. The molecule has 2 N–H and O–H groups in total. The van der Waals surface area contributed by atoms with Crippen molar-refractivity contribution < 1.29 is 19.4 Å². The monoisotopic (exact) mass is 359 g/mol. The summed E-state index contributed by atoms with van der Waals surface area (Å²) >= 11 is 1.27. The van der Waals surface area contributed by atoms with Gasteiger partial charge in [-0.1, -0.05) is 35.9 Å². The molecule has 0 saturated heterocycles. The van der Waals surface area contributed by atoms with E-state index in [0.717, 1.165) is 5.56 Å². The molecule has 0 aliphatic carbocycles. The third-order valence-electron chi connectivity index (χ3n) is 3.34. The number of hydrogen-bond acceptors (Lipinski definition) is 4. The summed E-state index contributed by atoms with van der Waals surface area (Å²) in [6, 6.07) is 15.1. The van der Waals surface area contributed by atoms with E-state index < -0.39 is 5.97 Å². The first-order chi connectivity index (χ1) is 12.0. The SMILES string of the molecule is Cc1cccc(COc2cccc(C(=O)NCCSCC(=O)O)c2)c1. The van der Waals surface area contributed by atoms with E-state index in [1.165, 1.54) is 17.3 Å². The normalized spacial score (nSPS) is 10.3. The summed E-state index contributed by atoms with van der Waals surface area (Å²) in [5.74, 6) is 0.181. The van der Waals surface area contributed by atoms with Crippen molar-refractivity contribution in [1.29, 1.82) is 0 Å². The molecule has 0 fully saturated rings. The Kier molecular flexibility index (Phi) is 7.35. The molecule has 25 heavy (non-hydrogen) atoms. The van der Waals surface area contributed by atoms with Gasteiger partial charge in [-0.25, -0.2) is 0 Å². The highest BCUT2D eigenvalue weighted by atomic mass is 32.2. The van der Waals surface area contributed by atoms with Gasteiger partial charge in [0, 0.05) is 17.9 Å². The molecule has 0 radical (unpaired) electrons. The van der Waals surface area contributed by atoms with Crippen LogP contribution in [0.5, 0.6) is 5.75 Å². The van der Waals surface area contributed by atoms with Crippen molar-refractivity contribution in [2.45, 2.75) is 13.5 Å². The zero-order chi connectivity index (χ0) is 18.1. The van der Waals surface area contributed by atoms with Gasteiger partial charge in [-0.05, 0) is 30.7 Å². The highest BCUT2D eigenvalue weighted by molar-refractivity contribution is 7.99. The molecule has 0 aliphatic rings. The summed E-state index contributed by atoms with van der Waals surface area (Å²) in [6.45, 7) is 2.90. The predicted molar refractivity (Wildman–Crippen MR) is 99.2 cm³/mol. The standard InChI is InChI=1S/C19H21NO4S/c1-14-4-2-5-15(10-14)12-24-17-7-3-6-16(11-17)19(23)20-8-9-25-13-18(21)22/h2-7,10-11H,8-9,12-13H2,1H3,(H,20,23)(H,21,22). The number of aliphatic carboxylic acids is 1. The summed E-state index contributed by atoms with van der Waals surface area (Å²) in [4.78, 5) is 22.5. The summed E-state index contributed by atoms with van der Waals surface area (Å²) in [6.07, 6.45) is 0. The first kappa shape index (κ1) is 18.9. The van der Waals surface area contributed by atoms with Gasteiger partial charge < -0.3 is 15.2 Å². The van der Waals surface area contributed by atoms with E-state index in [1.807, 2.05) is 31.2 Å². The highest BCUT2D eigenvalue weighted by Gasteiger charge is 2.07. The maximum atomic E-state index is 12.1. The fraction of sp³-hybridized carbons (Fsp3) is 0.263. The van der Waals surface area contributed by atoms with Gasteiger partial charge >= 0.3 is 5.97 Å². The van der Waals surface area contributed by atoms with Crippen LogP contribution in [0.2, 0.25) is 0 Å². The number of thioether (sulfide) groups is 1. The minimum absolute atomic E-state index is 0.0398. The van der Waals surface area contributed by atoms with Gasteiger partial charge in [0.05, 0.1) is 5.75 Å². The van der Waals surface area contributed by atoms with Crippen LogP contribution in [0.15, 0.2) is 48.5 Å². The molecule has 1 amide bonds. The Labute approximate surface area is 151 Å². The molecule has 0 heterocycles. The molecule has 0 aromatic heterocycles. The van der Waals surface area contributed by atoms with E-state index in [1.54, 1.807) is 18.2 Å². The number of hydrogen-bond donors (Lipinski definition) is 2. The van der Waals surface area contributed by atoms with Crippen molar-refractivity contribution in [2.24, 2.45) is 0 Å². The van der Waals surface area contributed by atoms with Crippen LogP contribution >= 0.6 is 11.8 Å². The van der Waals surface area contributed by atoms with Gasteiger partial charge in [0.15, 0.2) is 0 Å². The molecule has 0 saturated carbocycles. The smallest absolute Gasteiger partial charge is 0.313 e. The zero-order valence-electron chi connectivity index (χ0n) is 14.0. The van der Waals surface area contributed by atoms with E-state index in [-0.39, 0.29) is 11.7 Å². The lowest BCUT2D eigenvalue weighted by atomic mass is 10.1. The van der Waals surface area contributed by atoms with Crippen molar-refractivity contribution in [2.75, 3.05) is 18.1 Å². The van der Waals surface area contributed by atoms with Crippen molar-refractivity contribution in [3.8, 4) is 5.75 Å². The number of rotatable bonds is 9. The number of carboxylic acid groups (broad SMARTS) is 1. The number of benzene rings is 2. The third-order valence-corrected chi connectivity index (χ3v) is 4.29. The minimum Gasteiger partial charge on any atom is -0.489 e. The van der Waals surface area contributed by atoms with Crippen molar-refractivity contribution in [1.82, 2.24) is 5.32 Å². The minimum atomic E-state index is -0.852. The van der Waals surface area contributed by atoms with Crippen LogP contribution in [0.1, 0.15) is 21.5 Å². The van der Waals surface area contributed by atoms with Crippen molar-refractivity contribution in [3.05, 3.63) is 65.2 Å². The lowest BCUT2D eigenvalue weighted by Crippen LogP contribution is -2.26. The molecule has 5 nitrogen and oxygen atoms in total. The number of carbonyl (C=O) groups excluding carboxylic acids is 1. The van der Waals surface area contributed by atoms with Gasteiger partial charge in [0.2, 0.25) is 0 Å². The van der Waals surface area contributed by atoms with E-state index in [9.17, 15) is 9.59 Å². The first-order valence-electron chi connectivity index (χ1n) is 7.91. The molecule has 0 atom stereocenters.